The molecule has 6 heteroatoms. The first kappa shape index (κ1) is 20.0. The molecule has 1 fully saturated rings. The minimum Gasteiger partial charge on any atom is -0.491 e. The molecule has 0 radical (unpaired) electrons. The molecule has 0 unspecified atom stereocenters. The van der Waals surface area contributed by atoms with Gasteiger partial charge < -0.3 is 14.4 Å². The Kier molecular flexibility index (Phi) is 5.38. The Bertz CT molecular complexity index is 866. The van der Waals surface area contributed by atoms with E-state index in [1.165, 1.54) is 11.3 Å². The standard InChI is InChI=1S/C23H31N3O3/c1-23(2,3)26-14-18-6-5-17-13-25(15-20(17)21(18)24-26)22(27)16-7-9-19(10-8-16)29-12-11-28-4/h7-10,14,17,20H,5-6,11-13,15H2,1-4H3/t17-,20+/m1/s1. The largest absolute Gasteiger partial charge is 0.491 e. The highest BCUT2D eigenvalue weighted by Crippen LogP contribution is 2.41. The molecule has 2 heterocycles. The monoisotopic (exact) mass is 397 g/mol. The van der Waals surface area contributed by atoms with Gasteiger partial charge >= 0.3 is 0 Å². The van der Waals surface area contributed by atoms with Crippen molar-refractivity contribution in [2.75, 3.05) is 33.4 Å². The van der Waals surface area contributed by atoms with Crippen LogP contribution in [-0.2, 0) is 16.7 Å². The molecule has 0 saturated carbocycles. The molecule has 2 aliphatic rings. The summed E-state index contributed by atoms with van der Waals surface area (Å²) in [6.07, 6.45) is 4.39. The van der Waals surface area contributed by atoms with Gasteiger partial charge in [-0.3, -0.25) is 9.48 Å². The number of nitrogens with zero attached hydrogens (tertiary/aromatic N) is 3. The first-order valence-corrected chi connectivity index (χ1v) is 10.5. The van der Waals surface area contributed by atoms with Crippen LogP contribution in [0.4, 0.5) is 0 Å². The maximum absolute atomic E-state index is 13.1. The Morgan fingerprint density at radius 3 is 2.62 bits per heavy atom. The Morgan fingerprint density at radius 2 is 1.93 bits per heavy atom. The van der Waals surface area contributed by atoms with Gasteiger partial charge in [0.15, 0.2) is 0 Å². The average molecular weight is 398 g/mol. The van der Waals surface area contributed by atoms with Crippen LogP contribution in [0.5, 0.6) is 5.75 Å². The Balaban J connectivity index is 1.45. The van der Waals surface area contributed by atoms with Gasteiger partial charge in [0.05, 0.1) is 17.8 Å². The van der Waals surface area contributed by atoms with Crippen molar-refractivity contribution in [3.05, 3.63) is 47.3 Å². The molecule has 0 bridgehead atoms. The van der Waals surface area contributed by atoms with E-state index < -0.39 is 0 Å². The number of carbonyl (C=O) groups is 1. The molecule has 2 aromatic rings. The lowest BCUT2D eigenvalue weighted by atomic mass is 9.81. The summed E-state index contributed by atoms with van der Waals surface area (Å²) in [7, 11) is 1.65. The SMILES string of the molecule is COCCOc1ccc(C(=O)N2C[C@H]3CCc4cn(C(C)(C)C)nc4[C@H]3C2)cc1. The summed E-state index contributed by atoms with van der Waals surface area (Å²) < 4.78 is 12.7. The molecule has 29 heavy (non-hydrogen) atoms. The van der Waals surface area contributed by atoms with E-state index in [1.54, 1.807) is 7.11 Å². The molecular weight excluding hydrogens is 366 g/mol. The third-order valence-corrected chi connectivity index (χ3v) is 6.03. The van der Waals surface area contributed by atoms with Crippen LogP contribution in [0.2, 0.25) is 0 Å². The molecular formula is C23H31N3O3. The summed E-state index contributed by atoms with van der Waals surface area (Å²) in [5, 5.41) is 4.93. The number of hydrogen-bond acceptors (Lipinski definition) is 4. The zero-order valence-corrected chi connectivity index (χ0v) is 17.9. The van der Waals surface area contributed by atoms with Gasteiger partial charge in [-0.1, -0.05) is 0 Å². The van der Waals surface area contributed by atoms with Crippen molar-refractivity contribution in [3.63, 3.8) is 0 Å². The number of rotatable bonds is 5. The van der Waals surface area contributed by atoms with Crippen LogP contribution >= 0.6 is 0 Å². The number of hydrogen-bond donors (Lipinski definition) is 0. The van der Waals surface area contributed by atoms with Crippen LogP contribution in [0.1, 0.15) is 54.7 Å². The molecule has 2 atom stereocenters. The van der Waals surface area contributed by atoms with Crippen LogP contribution < -0.4 is 4.74 Å². The van der Waals surface area contributed by atoms with E-state index in [0.717, 1.165) is 31.7 Å². The number of methoxy groups -OCH3 is 1. The second-order valence-corrected chi connectivity index (χ2v) is 9.14. The van der Waals surface area contributed by atoms with E-state index >= 15 is 0 Å². The van der Waals surface area contributed by atoms with Gasteiger partial charge in [-0.05, 0) is 69.4 Å². The van der Waals surface area contributed by atoms with Crippen molar-refractivity contribution in [3.8, 4) is 5.75 Å². The lowest BCUT2D eigenvalue weighted by molar-refractivity contribution is 0.0785. The molecule has 1 amide bonds. The van der Waals surface area contributed by atoms with Gasteiger partial charge in [-0.15, -0.1) is 0 Å². The molecule has 0 spiro atoms. The van der Waals surface area contributed by atoms with E-state index in [9.17, 15) is 4.79 Å². The number of ether oxygens (including phenoxy) is 2. The third kappa shape index (κ3) is 4.04. The second-order valence-electron chi connectivity index (χ2n) is 9.14. The summed E-state index contributed by atoms with van der Waals surface area (Å²) in [6, 6.07) is 7.42. The van der Waals surface area contributed by atoms with Crippen LogP contribution in [0, 0.1) is 5.92 Å². The fourth-order valence-corrected chi connectivity index (χ4v) is 4.37. The maximum atomic E-state index is 13.1. The van der Waals surface area contributed by atoms with E-state index in [2.05, 4.69) is 31.6 Å². The molecule has 6 nitrogen and oxygen atoms in total. The first-order chi connectivity index (χ1) is 13.9. The molecule has 1 aliphatic heterocycles. The van der Waals surface area contributed by atoms with Crippen molar-refractivity contribution >= 4 is 5.91 Å². The van der Waals surface area contributed by atoms with Crippen molar-refractivity contribution in [1.29, 1.82) is 0 Å². The smallest absolute Gasteiger partial charge is 0.253 e. The minimum absolute atomic E-state index is 0.0198. The predicted octanol–water partition coefficient (Wildman–Crippen LogP) is 3.47. The fourth-order valence-electron chi connectivity index (χ4n) is 4.37. The summed E-state index contributed by atoms with van der Waals surface area (Å²) in [5.74, 6) is 1.71. The number of aromatic nitrogens is 2. The summed E-state index contributed by atoms with van der Waals surface area (Å²) >= 11 is 0. The first-order valence-electron chi connectivity index (χ1n) is 10.5. The predicted molar refractivity (Wildman–Crippen MR) is 111 cm³/mol. The molecule has 1 saturated heterocycles. The highest BCUT2D eigenvalue weighted by atomic mass is 16.5. The zero-order chi connectivity index (χ0) is 20.6. The highest BCUT2D eigenvalue weighted by molar-refractivity contribution is 5.94. The molecule has 1 aromatic heterocycles. The quantitative estimate of drug-likeness (QED) is 0.725. The van der Waals surface area contributed by atoms with Crippen LogP contribution in [-0.4, -0.2) is 54.0 Å². The molecule has 1 aliphatic carbocycles. The maximum Gasteiger partial charge on any atom is 0.253 e. The van der Waals surface area contributed by atoms with Gasteiger partial charge in [0.2, 0.25) is 0 Å². The number of likely N-dealkylation sites (tertiary alicyclic amines) is 1. The van der Waals surface area contributed by atoms with Crippen LogP contribution in [0.25, 0.3) is 0 Å². The molecule has 4 rings (SSSR count). The molecule has 156 valence electrons. The number of aryl methyl sites for hydroxylation is 1. The van der Waals surface area contributed by atoms with Gasteiger partial charge in [0.25, 0.3) is 5.91 Å². The van der Waals surface area contributed by atoms with E-state index in [1.807, 2.05) is 29.2 Å². The number of carbonyl (C=O) groups excluding carboxylic acids is 1. The van der Waals surface area contributed by atoms with Gasteiger partial charge in [0, 0.05) is 37.9 Å². The average Bonchev–Trinajstić information content (AvgIpc) is 3.32. The van der Waals surface area contributed by atoms with Crippen LogP contribution in [0.3, 0.4) is 0 Å². The summed E-state index contributed by atoms with van der Waals surface area (Å²) in [4.78, 5) is 15.1. The number of benzene rings is 1. The minimum atomic E-state index is -0.0198. The van der Waals surface area contributed by atoms with E-state index in [0.29, 0.717) is 30.6 Å². The summed E-state index contributed by atoms with van der Waals surface area (Å²) in [6.45, 7) is 9.15. The van der Waals surface area contributed by atoms with Crippen molar-refractivity contribution in [2.24, 2.45) is 5.92 Å². The lowest BCUT2D eigenvalue weighted by Crippen LogP contribution is -2.29. The fraction of sp³-hybridized carbons (Fsp3) is 0.565. The normalized spacial score (nSPS) is 21.0. The molecule has 1 aromatic carbocycles. The lowest BCUT2D eigenvalue weighted by Gasteiger charge is -2.22. The van der Waals surface area contributed by atoms with E-state index in [-0.39, 0.29) is 11.4 Å². The molecule has 0 N–H and O–H groups in total. The van der Waals surface area contributed by atoms with Gasteiger partial charge in [-0.2, -0.15) is 5.10 Å². The van der Waals surface area contributed by atoms with Crippen molar-refractivity contribution < 1.29 is 14.3 Å². The zero-order valence-electron chi connectivity index (χ0n) is 17.9. The van der Waals surface area contributed by atoms with Gasteiger partial charge in [-0.25, -0.2) is 0 Å². The van der Waals surface area contributed by atoms with Crippen molar-refractivity contribution in [1.82, 2.24) is 14.7 Å². The Hall–Kier alpha value is -2.34. The van der Waals surface area contributed by atoms with Crippen LogP contribution in [0.15, 0.2) is 30.5 Å². The summed E-state index contributed by atoms with van der Waals surface area (Å²) in [5.41, 5.74) is 3.25. The van der Waals surface area contributed by atoms with Gasteiger partial charge in [0.1, 0.15) is 12.4 Å². The Morgan fingerprint density at radius 1 is 1.17 bits per heavy atom. The third-order valence-electron chi connectivity index (χ3n) is 6.03. The topological polar surface area (TPSA) is 56.6 Å². The highest BCUT2D eigenvalue weighted by Gasteiger charge is 2.41. The number of amides is 1. The Labute approximate surface area is 172 Å². The van der Waals surface area contributed by atoms with Crippen molar-refractivity contribution in [2.45, 2.75) is 45.1 Å². The van der Waals surface area contributed by atoms with E-state index in [4.69, 9.17) is 14.6 Å². The second kappa shape index (κ2) is 7.82. The number of fused-ring (bicyclic) bond motifs is 3.